The van der Waals surface area contributed by atoms with Crippen LogP contribution < -0.4 is 16.6 Å². The van der Waals surface area contributed by atoms with Crippen LogP contribution in [0, 0.1) is 0 Å². The fraction of sp³-hybridized carbons (Fsp3) is 0.150. The molecule has 0 radical (unpaired) electrons. The maximum Gasteiger partial charge on any atom is 0.418 e. The molecule has 0 atom stereocenters. The molecular formula is C20H14F3N3O4S. The number of nitrogens with zero attached hydrogens (tertiary/aromatic N) is 2. The molecule has 31 heavy (non-hydrogen) atoms. The van der Waals surface area contributed by atoms with Crippen LogP contribution in [0.3, 0.4) is 0 Å². The molecule has 160 valence electrons. The molecule has 11 heteroatoms. The van der Waals surface area contributed by atoms with Crippen LogP contribution in [-0.2, 0) is 24.1 Å². The topological polar surface area (TPSA) is 86.2 Å². The van der Waals surface area contributed by atoms with E-state index in [9.17, 15) is 27.6 Å². The molecule has 1 aromatic carbocycles. The molecule has 4 aromatic rings. The number of halogens is 3. The van der Waals surface area contributed by atoms with Crippen molar-refractivity contribution in [3.63, 3.8) is 0 Å². The van der Waals surface area contributed by atoms with E-state index in [4.69, 9.17) is 4.42 Å². The van der Waals surface area contributed by atoms with Gasteiger partial charge >= 0.3 is 11.9 Å². The number of para-hydroxylation sites is 1. The van der Waals surface area contributed by atoms with Crippen molar-refractivity contribution in [2.75, 3.05) is 5.32 Å². The first-order valence-corrected chi connectivity index (χ1v) is 9.83. The molecule has 4 rings (SSSR count). The number of fused-ring (bicyclic) bond motifs is 1. The van der Waals surface area contributed by atoms with Crippen LogP contribution in [0.1, 0.15) is 11.3 Å². The van der Waals surface area contributed by atoms with E-state index < -0.39 is 41.1 Å². The third-order valence-corrected chi connectivity index (χ3v) is 5.43. The van der Waals surface area contributed by atoms with E-state index in [0.717, 1.165) is 32.6 Å². The lowest BCUT2D eigenvalue weighted by Crippen LogP contribution is -2.41. The van der Waals surface area contributed by atoms with Crippen molar-refractivity contribution in [3.8, 4) is 0 Å². The van der Waals surface area contributed by atoms with E-state index in [2.05, 4.69) is 5.32 Å². The number of furan rings is 1. The van der Waals surface area contributed by atoms with Gasteiger partial charge < -0.3 is 9.73 Å². The van der Waals surface area contributed by atoms with Crippen LogP contribution in [0.15, 0.2) is 68.1 Å². The Balaban J connectivity index is 1.71. The first-order valence-electron chi connectivity index (χ1n) is 8.95. The molecule has 7 nitrogen and oxygen atoms in total. The highest BCUT2D eigenvalue weighted by Gasteiger charge is 2.33. The zero-order valence-corrected chi connectivity index (χ0v) is 16.5. The lowest BCUT2D eigenvalue weighted by atomic mass is 10.1. The van der Waals surface area contributed by atoms with Crippen LogP contribution in [-0.4, -0.2) is 15.0 Å². The standard InChI is InChI=1S/C20H14F3N3O4S/c21-20(22,23)13-5-1-2-6-14(13)24-16(27)11-25-15-7-9-31-17(15)18(28)26(19(25)29)10-12-4-3-8-30-12/h1-9H,10-11H2,(H,24,27). The number of nitrogens with one attached hydrogen (secondary N) is 1. The molecule has 0 unspecified atom stereocenters. The SMILES string of the molecule is O=C(Cn1c(=O)n(Cc2ccco2)c(=O)c2sccc21)Nc1ccccc1C(F)(F)F. The number of anilines is 1. The van der Waals surface area contributed by atoms with Crippen LogP contribution in [0.2, 0.25) is 0 Å². The molecule has 1 amide bonds. The summed E-state index contributed by atoms with van der Waals surface area (Å²) in [5.74, 6) is -0.472. The van der Waals surface area contributed by atoms with Crippen molar-refractivity contribution >= 4 is 33.1 Å². The molecule has 3 heterocycles. The average Bonchev–Trinajstić information content (AvgIpc) is 3.40. The van der Waals surface area contributed by atoms with Crippen LogP contribution in [0.5, 0.6) is 0 Å². The van der Waals surface area contributed by atoms with Gasteiger partial charge in [0.1, 0.15) is 17.0 Å². The van der Waals surface area contributed by atoms with Gasteiger partial charge in [0.15, 0.2) is 0 Å². The predicted molar refractivity (Wildman–Crippen MR) is 108 cm³/mol. The third-order valence-electron chi connectivity index (χ3n) is 4.54. The first-order chi connectivity index (χ1) is 14.8. The first kappa shape index (κ1) is 20.7. The van der Waals surface area contributed by atoms with Gasteiger partial charge in [-0.25, -0.2) is 4.79 Å². The molecule has 0 aliphatic rings. The number of alkyl halides is 3. The largest absolute Gasteiger partial charge is 0.467 e. The Morgan fingerprint density at radius 3 is 2.55 bits per heavy atom. The molecule has 0 aliphatic heterocycles. The smallest absolute Gasteiger partial charge is 0.418 e. The molecule has 0 bridgehead atoms. The summed E-state index contributed by atoms with van der Waals surface area (Å²) < 4.78 is 47.0. The fourth-order valence-electron chi connectivity index (χ4n) is 3.16. The number of amides is 1. The Morgan fingerprint density at radius 2 is 1.84 bits per heavy atom. The van der Waals surface area contributed by atoms with Gasteiger partial charge in [-0.1, -0.05) is 12.1 Å². The summed E-state index contributed by atoms with van der Waals surface area (Å²) in [5, 5.41) is 3.80. The predicted octanol–water partition coefficient (Wildman–Crippen LogP) is 3.52. The van der Waals surface area contributed by atoms with Crippen LogP contribution in [0.4, 0.5) is 18.9 Å². The number of rotatable bonds is 5. The molecule has 0 aliphatic carbocycles. The van der Waals surface area contributed by atoms with Gasteiger partial charge in [-0.15, -0.1) is 11.3 Å². The Hall–Kier alpha value is -3.60. The maximum absolute atomic E-state index is 13.2. The van der Waals surface area contributed by atoms with Gasteiger partial charge in [0.25, 0.3) is 5.56 Å². The number of hydrogen-bond donors (Lipinski definition) is 1. The summed E-state index contributed by atoms with van der Waals surface area (Å²) in [6.07, 6.45) is -3.26. The molecule has 0 saturated carbocycles. The van der Waals surface area contributed by atoms with E-state index in [1.165, 1.54) is 24.5 Å². The number of thiophene rings is 1. The highest BCUT2D eigenvalue weighted by molar-refractivity contribution is 7.17. The highest BCUT2D eigenvalue weighted by Crippen LogP contribution is 2.34. The third kappa shape index (κ3) is 4.04. The van der Waals surface area contributed by atoms with Gasteiger partial charge in [0.2, 0.25) is 5.91 Å². The Kier molecular flexibility index (Phi) is 5.27. The monoisotopic (exact) mass is 449 g/mol. The van der Waals surface area contributed by atoms with Crippen molar-refractivity contribution in [1.29, 1.82) is 0 Å². The minimum absolute atomic E-state index is 0.142. The maximum atomic E-state index is 13.2. The van der Waals surface area contributed by atoms with Crippen LogP contribution in [0.25, 0.3) is 10.2 Å². The number of benzene rings is 1. The summed E-state index contributed by atoms with van der Waals surface area (Å²) in [4.78, 5) is 38.2. The Labute approximate surface area is 176 Å². The summed E-state index contributed by atoms with van der Waals surface area (Å²) in [6.45, 7) is -0.715. The lowest BCUT2D eigenvalue weighted by Gasteiger charge is -2.15. The van der Waals surface area contributed by atoms with Crippen molar-refractivity contribution in [2.24, 2.45) is 0 Å². The molecule has 0 saturated heterocycles. The molecule has 0 fully saturated rings. The highest BCUT2D eigenvalue weighted by atomic mass is 32.1. The van der Waals surface area contributed by atoms with Crippen molar-refractivity contribution < 1.29 is 22.4 Å². The second kappa shape index (κ2) is 7.91. The summed E-state index contributed by atoms with van der Waals surface area (Å²) >= 11 is 1.10. The molecular weight excluding hydrogens is 435 g/mol. The Bertz CT molecular complexity index is 1370. The minimum atomic E-state index is -4.66. The molecule has 0 spiro atoms. The number of aromatic nitrogens is 2. The van der Waals surface area contributed by atoms with E-state index in [-0.39, 0.29) is 16.8 Å². The van der Waals surface area contributed by atoms with Gasteiger partial charge in [-0.3, -0.25) is 18.7 Å². The minimum Gasteiger partial charge on any atom is -0.467 e. The molecule has 1 N–H and O–H groups in total. The van der Waals surface area contributed by atoms with Gasteiger partial charge in [0.05, 0.1) is 29.6 Å². The zero-order valence-electron chi connectivity index (χ0n) is 15.7. The van der Waals surface area contributed by atoms with Crippen molar-refractivity contribution in [1.82, 2.24) is 9.13 Å². The number of hydrogen-bond acceptors (Lipinski definition) is 5. The van der Waals surface area contributed by atoms with E-state index in [1.54, 1.807) is 17.5 Å². The van der Waals surface area contributed by atoms with Crippen molar-refractivity contribution in [2.45, 2.75) is 19.3 Å². The summed E-state index contributed by atoms with van der Waals surface area (Å²) in [5.41, 5.74) is -2.50. The van der Waals surface area contributed by atoms with Crippen LogP contribution >= 0.6 is 11.3 Å². The average molecular weight is 449 g/mol. The summed E-state index contributed by atoms with van der Waals surface area (Å²) in [7, 11) is 0. The lowest BCUT2D eigenvalue weighted by molar-refractivity contribution is -0.137. The normalized spacial score (nSPS) is 11.7. The van der Waals surface area contributed by atoms with E-state index in [1.807, 2.05) is 0 Å². The quantitative estimate of drug-likeness (QED) is 0.505. The second-order valence-corrected chi connectivity index (χ2v) is 7.48. The fourth-order valence-corrected chi connectivity index (χ4v) is 4.00. The second-order valence-electron chi connectivity index (χ2n) is 6.57. The van der Waals surface area contributed by atoms with E-state index in [0.29, 0.717) is 5.76 Å². The number of carbonyl (C=O) groups is 1. The molecule has 3 aromatic heterocycles. The Morgan fingerprint density at radius 1 is 1.06 bits per heavy atom. The van der Waals surface area contributed by atoms with Gasteiger partial charge in [-0.05, 0) is 35.7 Å². The van der Waals surface area contributed by atoms with Gasteiger partial charge in [-0.2, -0.15) is 13.2 Å². The zero-order chi connectivity index (χ0) is 22.2. The number of carbonyl (C=O) groups excluding carboxylic acids is 1. The van der Waals surface area contributed by atoms with Crippen molar-refractivity contribution in [3.05, 3.63) is 86.3 Å². The summed E-state index contributed by atoms with van der Waals surface area (Å²) in [6, 6.07) is 9.25. The van der Waals surface area contributed by atoms with E-state index >= 15 is 0 Å². The van der Waals surface area contributed by atoms with Gasteiger partial charge in [0, 0.05) is 0 Å².